The number of carboxylic acids is 1. The van der Waals surface area contributed by atoms with Gasteiger partial charge in [-0.15, -0.1) is 0 Å². The third-order valence-electron chi connectivity index (χ3n) is 4.87. The van der Waals surface area contributed by atoms with Gasteiger partial charge in [-0.3, -0.25) is 0 Å². The number of nitrogens with zero attached hydrogens (tertiary/aromatic N) is 1. The maximum Gasteiger partial charge on any atom is 0.417 e. The molecule has 2 aromatic heterocycles. The van der Waals surface area contributed by atoms with Gasteiger partial charge >= 0.3 is 12.1 Å². The third kappa shape index (κ3) is 3.54. The van der Waals surface area contributed by atoms with Gasteiger partial charge in [-0.1, -0.05) is 31.2 Å². The number of hydrogen-bond acceptors (Lipinski definition) is 3. The minimum Gasteiger partial charge on any atom is -0.478 e. The molecule has 4 rings (SSSR count). The van der Waals surface area contributed by atoms with Gasteiger partial charge in [0.25, 0.3) is 0 Å². The summed E-state index contributed by atoms with van der Waals surface area (Å²) in [4.78, 5) is 16.3. The minimum atomic E-state index is -4.53. The molecule has 7 heteroatoms. The lowest BCUT2D eigenvalue weighted by molar-refractivity contribution is -0.137. The highest BCUT2D eigenvalue weighted by atomic mass is 19.4. The van der Waals surface area contributed by atoms with E-state index in [1.54, 1.807) is 12.1 Å². The van der Waals surface area contributed by atoms with Gasteiger partial charge in [0.15, 0.2) is 5.76 Å². The molecule has 4 nitrogen and oxygen atoms in total. The van der Waals surface area contributed by atoms with E-state index in [2.05, 4.69) is 4.98 Å². The Hall–Kier alpha value is -3.61. The molecular weight excluding hydrogens is 395 g/mol. The lowest BCUT2D eigenvalue weighted by atomic mass is 10.0. The van der Waals surface area contributed by atoms with Crippen LogP contribution in [0.15, 0.2) is 65.1 Å². The molecule has 0 amide bonds. The molecule has 0 spiro atoms. The van der Waals surface area contributed by atoms with Gasteiger partial charge in [-0.25, -0.2) is 9.78 Å². The smallest absolute Gasteiger partial charge is 0.417 e. The summed E-state index contributed by atoms with van der Waals surface area (Å²) in [6.45, 7) is 1.96. The lowest BCUT2D eigenvalue weighted by Crippen LogP contribution is -2.06. The number of carbonyl (C=O) groups is 1. The van der Waals surface area contributed by atoms with Crippen LogP contribution in [0.4, 0.5) is 13.2 Å². The van der Waals surface area contributed by atoms with Crippen molar-refractivity contribution in [2.45, 2.75) is 19.5 Å². The zero-order valence-corrected chi connectivity index (χ0v) is 15.8. The highest BCUT2D eigenvalue weighted by molar-refractivity contribution is 6.03. The second-order valence-electron chi connectivity index (χ2n) is 6.77. The Balaban J connectivity index is 1.84. The Morgan fingerprint density at radius 2 is 1.77 bits per heavy atom. The standard InChI is InChI=1S/C23H16F3NO3/c1-2-13-7-8-18-15(11-13)16(22(28)29)12-19(27-18)21-10-9-20(30-21)14-5-3-4-6-17(14)23(24,25)26/h3-12H,2H2,1H3,(H,28,29). The van der Waals surface area contributed by atoms with Crippen LogP contribution in [0.2, 0.25) is 0 Å². The number of aromatic nitrogens is 1. The van der Waals surface area contributed by atoms with Crippen molar-refractivity contribution in [2.24, 2.45) is 0 Å². The molecule has 0 unspecified atom stereocenters. The molecule has 0 aliphatic heterocycles. The highest BCUT2D eigenvalue weighted by Crippen LogP contribution is 2.38. The molecule has 2 heterocycles. The zero-order chi connectivity index (χ0) is 21.5. The molecule has 0 atom stereocenters. The summed E-state index contributed by atoms with van der Waals surface area (Å²) >= 11 is 0. The van der Waals surface area contributed by atoms with Gasteiger partial charge in [-0.05, 0) is 48.4 Å². The fourth-order valence-corrected chi connectivity index (χ4v) is 3.36. The molecular formula is C23H16F3NO3. The largest absolute Gasteiger partial charge is 0.478 e. The van der Waals surface area contributed by atoms with Crippen molar-refractivity contribution < 1.29 is 27.5 Å². The van der Waals surface area contributed by atoms with Gasteiger partial charge in [0.2, 0.25) is 0 Å². The van der Waals surface area contributed by atoms with E-state index in [1.165, 1.54) is 36.4 Å². The molecule has 0 radical (unpaired) electrons. The number of aromatic carboxylic acids is 1. The van der Waals surface area contributed by atoms with E-state index in [9.17, 15) is 23.1 Å². The van der Waals surface area contributed by atoms with Crippen molar-refractivity contribution in [1.29, 1.82) is 0 Å². The predicted octanol–water partition coefficient (Wildman–Crippen LogP) is 6.44. The molecule has 152 valence electrons. The predicted molar refractivity (Wildman–Crippen MR) is 106 cm³/mol. The lowest BCUT2D eigenvalue weighted by Gasteiger charge is -2.10. The molecule has 0 saturated heterocycles. The van der Waals surface area contributed by atoms with Crippen molar-refractivity contribution in [1.82, 2.24) is 4.98 Å². The maximum atomic E-state index is 13.3. The number of benzene rings is 2. The Bertz CT molecular complexity index is 1260. The summed E-state index contributed by atoms with van der Waals surface area (Å²) in [7, 11) is 0. The van der Waals surface area contributed by atoms with E-state index in [0.717, 1.165) is 18.1 Å². The van der Waals surface area contributed by atoms with E-state index >= 15 is 0 Å². The maximum absolute atomic E-state index is 13.3. The Labute approximate surface area is 169 Å². The van der Waals surface area contributed by atoms with Crippen LogP contribution in [-0.2, 0) is 12.6 Å². The molecule has 2 aromatic carbocycles. The van der Waals surface area contributed by atoms with Gasteiger partial charge < -0.3 is 9.52 Å². The molecule has 0 fully saturated rings. The second-order valence-corrected chi connectivity index (χ2v) is 6.77. The molecule has 4 aromatic rings. The average molecular weight is 411 g/mol. The van der Waals surface area contributed by atoms with E-state index in [1.807, 2.05) is 13.0 Å². The van der Waals surface area contributed by atoms with E-state index < -0.39 is 17.7 Å². The Kier molecular flexibility index (Phi) is 4.81. The summed E-state index contributed by atoms with van der Waals surface area (Å²) < 4.78 is 45.6. The third-order valence-corrected chi connectivity index (χ3v) is 4.87. The van der Waals surface area contributed by atoms with Crippen LogP contribution in [0.3, 0.4) is 0 Å². The molecule has 0 saturated carbocycles. The fraction of sp³-hybridized carbons (Fsp3) is 0.130. The van der Waals surface area contributed by atoms with Gasteiger partial charge in [-0.2, -0.15) is 13.2 Å². The number of pyridine rings is 1. The summed E-state index contributed by atoms with van der Waals surface area (Å²) in [5.74, 6) is -0.907. The van der Waals surface area contributed by atoms with Crippen molar-refractivity contribution in [2.75, 3.05) is 0 Å². The Morgan fingerprint density at radius 3 is 2.47 bits per heavy atom. The van der Waals surface area contributed by atoms with Crippen LogP contribution < -0.4 is 0 Å². The normalized spacial score (nSPS) is 11.7. The van der Waals surface area contributed by atoms with Crippen molar-refractivity contribution in [3.05, 3.63) is 77.4 Å². The van der Waals surface area contributed by atoms with Crippen LogP contribution in [0, 0.1) is 0 Å². The molecule has 30 heavy (non-hydrogen) atoms. The summed E-state index contributed by atoms with van der Waals surface area (Å²) in [6, 6.07) is 14.8. The quantitative estimate of drug-likeness (QED) is 0.420. The minimum absolute atomic E-state index is 0.0260. The van der Waals surface area contributed by atoms with Crippen LogP contribution in [0.1, 0.15) is 28.4 Å². The fourth-order valence-electron chi connectivity index (χ4n) is 3.36. The van der Waals surface area contributed by atoms with Gasteiger partial charge in [0.05, 0.1) is 16.6 Å². The molecule has 0 aliphatic carbocycles. The van der Waals surface area contributed by atoms with E-state index in [4.69, 9.17) is 4.42 Å². The number of halogens is 3. The number of furan rings is 1. The zero-order valence-electron chi connectivity index (χ0n) is 15.8. The van der Waals surface area contributed by atoms with Crippen molar-refractivity contribution >= 4 is 16.9 Å². The number of aryl methyl sites for hydroxylation is 1. The average Bonchev–Trinajstić information content (AvgIpc) is 3.22. The second kappa shape index (κ2) is 7.33. The van der Waals surface area contributed by atoms with Crippen molar-refractivity contribution in [3.8, 4) is 22.8 Å². The number of alkyl halides is 3. The van der Waals surface area contributed by atoms with E-state index in [0.29, 0.717) is 10.9 Å². The van der Waals surface area contributed by atoms with Crippen LogP contribution in [0.25, 0.3) is 33.7 Å². The molecule has 1 N–H and O–H groups in total. The first kappa shape index (κ1) is 19.7. The number of hydrogen-bond donors (Lipinski definition) is 1. The molecule has 0 bridgehead atoms. The van der Waals surface area contributed by atoms with Gasteiger partial charge in [0, 0.05) is 10.9 Å². The molecule has 0 aliphatic rings. The van der Waals surface area contributed by atoms with Crippen molar-refractivity contribution in [3.63, 3.8) is 0 Å². The SMILES string of the molecule is CCc1ccc2nc(-c3ccc(-c4ccccc4C(F)(F)F)o3)cc(C(=O)O)c2c1. The summed E-state index contributed by atoms with van der Waals surface area (Å²) in [5, 5.41) is 10.1. The Morgan fingerprint density at radius 1 is 1.03 bits per heavy atom. The van der Waals surface area contributed by atoms with E-state index in [-0.39, 0.29) is 28.3 Å². The summed E-state index contributed by atoms with van der Waals surface area (Å²) in [5.41, 5.74) is 0.830. The highest BCUT2D eigenvalue weighted by Gasteiger charge is 2.34. The monoisotopic (exact) mass is 411 g/mol. The van der Waals surface area contributed by atoms with Crippen LogP contribution >= 0.6 is 0 Å². The number of carboxylic acid groups (broad SMARTS) is 1. The van der Waals surface area contributed by atoms with Gasteiger partial charge in [0.1, 0.15) is 11.5 Å². The number of rotatable bonds is 4. The first-order valence-electron chi connectivity index (χ1n) is 9.21. The first-order chi connectivity index (χ1) is 14.3. The first-order valence-corrected chi connectivity index (χ1v) is 9.21. The van der Waals surface area contributed by atoms with Crippen LogP contribution in [0.5, 0.6) is 0 Å². The van der Waals surface area contributed by atoms with Crippen LogP contribution in [-0.4, -0.2) is 16.1 Å². The number of fused-ring (bicyclic) bond motifs is 1. The topological polar surface area (TPSA) is 63.3 Å². The summed E-state index contributed by atoms with van der Waals surface area (Å²) in [6.07, 6.45) is -3.78.